The first-order chi connectivity index (χ1) is 28.5. The van der Waals surface area contributed by atoms with E-state index >= 15 is 0 Å². The standard InChI is InChI=1S/C49H64O9Si/c1-36-29-46(52-7)49(31-40(51-6)30-41(56-49)35-55-59(47(2,3)4,42-19-13-9-14-20-42)43-21-15-10-16-22-43)58-48(36)32-45(54-34-37-17-11-8-12-18-37)44(57-48)27-28-53-33-38-23-25-39(50-5)26-24-38/h8-26,36,40-41,44-46H,27-35H2,1-7H3/t36-,40-,41-,44-,45-,46+,48+,49-/m0/s1. The van der Waals surface area contributed by atoms with E-state index in [0.717, 1.165) is 16.9 Å². The minimum absolute atomic E-state index is 0.00977. The van der Waals surface area contributed by atoms with Crippen LogP contribution in [0.1, 0.15) is 70.9 Å². The average Bonchev–Trinajstić information content (AvgIpc) is 3.61. The van der Waals surface area contributed by atoms with Crippen LogP contribution in [0, 0.1) is 5.92 Å². The molecule has 2 spiro atoms. The van der Waals surface area contributed by atoms with Crippen LogP contribution in [0.4, 0.5) is 0 Å². The highest BCUT2D eigenvalue weighted by Crippen LogP contribution is 2.53. The van der Waals surface area contributed by atoms with E-state index < -0.39 is 19.9 Å². The zero-order valence-electron chi connectivity index (χ0n) is 36.0. The van der Waals surface area contributed by atoms with Crippen LogP contribution in [0.2, 0.25) is 5.04 Å². The molecule has 0 saturated carbocycles. The Morgan fingerprint density at radius 1 is 0.695 bits per heavy atom. The molecular formula is C49H64O9Si. The molecule has 3 fully saturated rings. The van der Waals surface area contributed by atoms with Gasteiger partial charge in [-0.3, -0.25) is 0 Å². The van der Waals surface area contributed by atoms with Gasteiger partial charge in [0, 0.05) is 46.0 Å². The summed E-state index contributed by atoms with van der Waals surface area (Å²) in [5.41, 5.74) is 2.19. The van der Waals surface area contributed by atoms with Gasteiger partial charge in [0.1, 0.15) is 11.9 Å². The van der Waals surface area contributed by atoms with E-state index in [1.165, 1.54) is 10.4 Å². The molecule has 0 aliphatic carbocycles. The van der Waals surface area contributed by atoms with Crippen molar-refractivity contribution < 1.29 is 42.3 Å². The zero-order valence-corrected chi connectivity index (χ0v) is 37.0. The Morgan fingerprint density at radius 2 is 1.32 bits per heavy atom. The van der Waals surface area contributed by atoms with E-state index in [1.807, 2.05) is 42.5 Å². The van der Waals surface area contributed by atoms with Gasteiger partial charge in [-0.1, -0.05) is 131 Å². The maximum absolute atomic E-state index is 7.44. The summed E-state index contributed by atoms with van der Waals surface area (Å²) in [5, 5.41) is 2.27. The molecule has 7 rings (SSSR count). The molecule has 0 bridgehead atoms. The van der Waals surface area contributed by atoms with Crippen molar-refractivity contribution in [3.63, 3.8) is 0 Å². The summed E-state index contributed by atoms with van der Waals surface area (Å²) in [7, 11) is 2.35. The Balaban J connectivity index is 1.13. The highest BCUT2D eigenvalue weighted by molar-refractivity contribution is 6.99. The molecule has 4 aromatic carbocycles. The molecule has 4 aromatic rings. The zero-order chi connectivity index (χ0) is 41.5. The van der Waals surface area contributed by atoms with E-state index in [4.69, 9.17) is 42.3 Å². The van der Waals surface area contributed by atoms with Crippen LogP contribution in [-0.2, 0) is 50.8 Å². The summed E-state index contributed by atoms with van der Waals surface area (Å²) in [4.78, 5) is 0. The lowest BCUT2D eigenvalue weighted by Crippen LogP contribution is -2.68. The Hall–Kier alpha value is -3.42. The molecule has 0 aromatic heterocycles. The first kappa shape index (κ1) is 43.7. The molecule has 9 nitrogen and oxygen atoms in total. The number of ether oxygens (including phenoxy) is 8. The molecule has 0 unspecified atom stereocenters. The van der Waals surface area contributed by atoms with Crippen LogP contribution >= 0.6 is 0 Å². The molecule has 0 radical (unpaired) electrons. The normalized spacial score (nSPS) is 28.6. The molecule has 3 aliphatic rings. The van der Waals surface area contributed by atoms with Gasteiger partial charge in [-0.25, -0.2) is 0 Å². The van der Waals surface area contributed by atoms with Crippen LogP contribution in [0.25, 0.3) is 0 Å². The highest BCUT2D eigenvalue weighted by atomic mass is 28.4. The van der Waals surface area contributed by atoms with E-state index in [1.54, 1.807) is 21.3 Å². The van der Waals surface area contributed by atoms with Crippen molar-refractivity contribution in [2.24, 2.45) is 5.92 Å². The van der Waals surface area contributed by atoms with Gasteiger partial charge in [0.25, 0.3) is 8.32 Å². The van der Waals surface area contributed by atoms with Crippen LogP contribution in [0.3, 0.4) is 0 Å². The number of rotatable bonds is 16. The second-order valence-electron chi connectivity index (χ2n) is 17.5. The van der Waals surface area contributed by atoms with Crippen molar-refractivity contribution >= 4 is 18.7 Å². The molecule has 3 heterocycles. The fourth-order valence-corrected chi connectivity index (χ4v) is 14.1. The lowest BCUT2D eigenvalue weighted by atomic mass is 9.81. The monoisotopic (exact) mass is 824 g/mol. The Labute approximate surface area is 352 Å². The number of benzene rings is 4. The van der Waals surface area contributed by atoms with Gasteiger partial charge in [-0.05, 0) is 51.5 Å². The third kappa shape index (κ3) is 9.57. The van der Waals surface area contributed by atoms with Gasteiger partial charge in [-0.15, -0.1) is 0 Å². The summed E-state index contributed by atoms with van der Waals surface area (Å²) in [6, 6.07) is 39.7. The van der Waals surface area contributed by atoms with Gasteiger partial charge in [0.2, 0.25) is 5.79 Å². The predicted molar refractivity (Wildman–Crippen MR) is 231 cm³/mol. The Morgan fingerprint density at radius 3 is 1.92 bits per heavy atom. The van der Waals surface area contributed by atoms with Gasteiger partial charge in [0.15, 0.2) is 5.79 Å². The maximum Gasteiger partial charge on any atom is 0.261 e. The van der Waals surface area contributed by atoms with Crippen LogP contribution in [0.5, 0.6) is 5.75 Å². The van der Waals surface area contributed by atoms with Gasteiger partial charge >= 0.3 is 0 Å². The summed E-state index contributed by atoms with van der Waals surface area (Å²) < 4.78 is 59.9. The molecule has 8 atom stereocenters. The van der Waals surface area contributed by atoms with Gasteiger partial charge in [-0.2, -0.15) is 0 Å². The van der Waals surface area contributed by atoms with Crippen molar-refractivity contribution in [1.82, 2.24) is 0 Å². The first-order valence-electron chi connectivity index (χ1n) is 21.3. The van der Waals surface area contributed by atoms with Crippen LogP contribution < -0.4 is 15.1 Å². The molecule has 318 valence electrons. The molecule has 0 amide bonds. The number of hydrogen-bond acceptors (Lipinski definition) is 9. The second-order valence-corrected chi connectivity index (χ2v) is 21.8. The van der Waals surface area contributed by atoms with Crippen molar-refractivity contribution in [3.05, 3.63) is 126 Å². The molecule has 59 heavy (non-hydrogen) atoms. The van der Waals surface area contributed by atoms with Crippen molar-refractivity contribution in [2.45, 2.75) is 120 Å². The highest BCUT2D eigenvalue weighted by Gasteiger charge is 2.64. The van der Waals surface area contributed by atoms with E-state index in [9.17, 15) is 0 Å². The van der Waals surface area contributed by atoms with Gasteiger partial charge < -0.3 is 42.3 Å². The fraction of sp³-hybridized carbons (Fsp3) is 0.510. The van der Waals surface area contributed by atoms with E-state index in [0.29, 0.717) is 58.5 Å². The lowest BCUT2D eigenvalue weighted by molar-refractivity contribution is -0.440. The van der Waals surface area contributed by atoms with Crippen LogP contribution in [0.15, 0.2) is 115 Å². The SMILES string of the molecule is COc1ccc(COCC[C@@H]2O[C@]3(C[C@@H]2OCc2ccccc2)O[C@@]2(C[C@@H](OC)C[C@@H](CO[Si](c4ccccc4)(c4ccccc4)C(C)(C)C)O2)[C@H](OC)C[C@@H]3C)cc1. The Bertz CT molecular complexity index is 1840. The predicted octanol–water partition coefficient (Wildman–Crippen LogP) is 8.21. The summed E-state index contributed by atoms with van der Waals surface area (Å²) >= 11 is 0. The van der Waals surface area contributed by atoms with Crippen LogP contribution in [-0.4, -0.2) is 85.0 Å². The molecule has 3 aliphatic heterocycles. The second kappa shape index (κ2) is 19.1. The summed E-state index contributed by atoms with van der Waals surface area (Å²) in [5.74, 6) is -1.30. The third-order valence-electron chi connectivity index (χ3n) is 12.6. The fourth-order valence-electron chi connectivity index (χ4n) is 9.50. The molecule has 3 saturated heterocycles. The lowest BCUT2D eigenvalue weighted by Gasteiger charge is -2.56. The first-order valence-corrected chi connectivity index (χ1v) is 23.2. The quantitative estimate of drug-likeness (QED) is 0.0821. The summed E-state index contributed by atoms with van der Waals surface area (Å²) in [6.07, 6.45) is 1.73. The van der Waals surface area contributed by atoms with Crippen molar-refractivity contribution in [3.8, 4) is 5.75 Å². The van der Waals surface area contributed by atoms with Gasteiger partial charge in [0.05, 0.1) is 51.3 Å². The van der Waals surface area contributed by atoms with E-state index in [-0.39, 0.29) is 41.5 Å². The molecule has 10 heteroatoms. The topological polar surface area (TPSA) is 83.1 Å². The Kier molecular flexibility index (Phi) is 14.1. The number of methoxy groups -OCH3 is 3. The maximum atomic E-state index is 7.44. The molecular weight excluding hydrogens is 761 g/mol. The minimum Gasteiger partial charge on any atom is -0.497 e. The minimum atomic E-state index is -2.84. The van der Waals surface area contributed by atoms with Crippen molar-refractivity contribution in [1.29, 1.82) is 0 Å². The third-order valence-corrected chi connectivity index (χ3v) is 17.6. The molecule has 0 N–H and O–H groups in total. The number of hydrogen-bond donors (Lipinski definition) is 0. The van der Waals surface area contributed by atoms with E-state index in [2.05, 4.69) is 100 Å². The van der Waals surface area contributed by atoms with Crippen molar-refractivity contribution in [2.75, 3.05) is 34.5 Å². The smallest absolute Gasteiger partial charge is 0.261 e. The largest absolute Gasteiger partial charge is 0.497 e. The summed E-state index contributed by atoms with van der Waals surface area (Å²) in [6.45, 7) is 10.9. The average molecular weight is 825 g/mol.